The monoisotopic (exact) mass is 385 g/mol. The highest BCUT2D eigenvalue weighted by Crippen LogP contribution is 2.20. The lowest BCUT2D eigenvalue weighted by atomic mass is 9.95. The summed E-state index contributed by atoms with van der Waals surface area (Å²) in [7, 11) is 0. The highest BCUT2D eigenvalue weighted by atomic mass is 16.5. The first-order valence-electron chi connectivity index (χ1n) is 10.2. The average Bonchev–Trinajstić information content (AvgIpc) is 2.94. The number of carbonyl (C=O) groups is 2. The summed E-state index contributed by atoms with van der Waals surface area (Å²) in [6.45, 7) is 8.50. The number of nitriles is 1. The summed E-state index contributed by atoms with van der Waals surface area (Å²) in [6, 6.07) is 4.01. The van der Waals surface area contributed by atoms with Crippen molar-refractivity contribution in [2.75, 3.05) is 0 Å². The van der Waals surface area contributed by atoms with Crippen LogP contribution in [-0.2, 0) is 20.9 Å². The molecule has 1 amide bonds. The molecule has 0 aromatic carbocycles. The van der Waals surface area contributed by atoms with Crippen LogP contribution in [0.4, 0.5) is 0 Å². The second kappa shape index (κ2) is 10.1. The van der Waals surface area contributed by atoms with Gasteiger partial charge in [-0.2, -0.15) is 5.26 Å². The van der Waals surface area contributed by atoms with Gasteiger partial charge in [0.2, 0.25) is 0 Å². The van der Waals surface area contributed by atoms with E-state index in [0.29, 0.717) is 0 Å². The van der Waals surface area contributed by atoms with Gasteiger partial charge in [0.05, 0.1) is 0 Å². The molecule has 0 saturated heterocycles. The van der Waals surface area contributed by atoms with E-state index in [2.05, 4.69) is 16.8 Å². The van der Waals surface area contributed by atoms with Gasteiger partial charge in [-0.1, -0.05) is 26.2 Å². The Labute approximate surface area is 167 Å². The molecule has 1 atom stereocenters. The molecule has 28 heavy (non-hydrogen) atoms. The van der Waals surface area contributed by atoms with E-state index in [9.17, 15) is 14.9 Å². The molecule has 1 aliphatic rings. The first kappa shape index (κ1) is 21.7. The summed E-state index contributed by atoms with van der Waals surface area (Å²) in [5.41, 5.74) is 2.80. The molecule has 152 valence electrons. The number of ether oxygens (including phenoxy) is 1. The third kappa shape index (κ3) is 5.48. The molecule has 6 heteroatoms. The number of hydrogen-bond acceptors (Lipinski definition) is 4. The molecule has 1 fully saturated rings. The van der Waals surface area contributed by atoms with Crippen LogP contribution in [0.5, 0.6) is 0 Å². The highest BCUT2D eigenvalue weighted by Gasteiger charge is 2.24. The lowest BCUT2D eigenvalue weighted by Gasteiger charge is -2.24. The average molecular weight is 386 g/mol. The molecule has 0 radical (unpaired) electrons. The molecule has 0 spiro atoms. The Morgan fingerprint density at radius 2 is 2.04 bits per heavy atom. The van der Waals surface area contributed by atoms with E-state index in [1.807, 2.05) is 26.0 Å². The molecule has 1 aliphatic carbocycles. The minimum atomic E-state index is -0.932. The first-order chi connectivity index (χ1) is 13.4. The van der Waals surface area contributed by atoms with E-state index in [-0.39, 0.29) is 17.5 Å². The molecule has 0 unspecified atom stereocenters. The maximum Gasteiger partial charge on any atom is 0.349 e. The lowest BCUT2D eigenvalue weighted by molar-refractivity contribution is -0.151. The predicted molar refractivity (Wildman–Crippen MR) is 108 cm³/mol. The molecule has 0 bridgehead atoms. The van der Waals surface area contributed by atoms with Crippen molar-refractivity contribution < 1.29 is 14.3 Å². The second-order valence-electron chi connectivity index (χ2n) is 7.54. The number of carbonyl (C=O) groups excluding carboxylic acids is 2. The zero-order valence-electron chi connectivity index (χ0n) is 17.4. The van der Waals surface area contributed by atoms with Crippen molar-refractivity contribution >= 4 is 18.0 Å². The fraction of sp³-hybridized carbons (Fsp3) is 0.591. The Hall–Kier alpha value is -2.55. The summed E-state index contributed by atoms with van der Waals surface area (Å²) in [5, 5.41) is 12.4. The van der Waals surface area contributed by atoms with Gasteiger partial charge in [-0.15, -0.1) is 0 Å². The van der Waals surface area contributed by atoms with Crippen LogP contribution in [0, 0.1) is 25.2 Å². The van der Waals surface area contributed by atoms with Crippen LogP contribution >= 0.6 is 0 Å². The van der Waals surface area contributed by atoms with Gasteiger partial charge in [-0.25, -0.2) is 4.79 Å². The van der Waals surface area contributed by atoms with Gasteiger partial charge in [0.25, 0.3) is 5.91 Å². The largest absolute Gasteiger partial charge is 0.448 e. The fourth-order valence-electron chi connectivity index (χ4n) is 3.68. The Bertz CT molecular complexity index is 780. The van der Waals surface area contributed by atoms with E-state index >= 15 is 0 Å². The summed E-state index contributed by atoms with van der Waals surface area (Å²) in [4.78, 5) is 24.7. The van der Waals surface area contributed by atoms with E-state index in [1.54, 1.807) is 6.08 Å². The van der Waals surface area contributed by atoms with Crippen LogP contribution in [0.3, 0.4) is 0 Å². The maximum absolute atomic E-state index is 12.4. The number of rotatable bonds is 7. The predicted octanol–water partition coefficient (Wildman–Crippen LogP) is 3.80. The van der Waals surface area contributed by atoms with Gasteiger partial charge in [0, 0.05) is 24.0 Å². The molecule has 1 aromatic heterocycles. The summed E-state index contributed by atoms with van der Waals surface area (Å²) in [5.74, 6) is -1.08. The zero-order valence-corrected chi connectivity index (χ0v) is 17.4. The van der Waals surface area contributed by atoms with Gasteiger partial charge in [0.1, 0.15) is 11.6 Å². The molecular formula is C22H31N3O3. The number of amides is 1. The Kier molecular flexibility index (Phi) is 7.86. The zero-order chi connectivity index (χ0) is 20.7. The van der Waals surface area contributed by atoms with E-state index in [4.69, 9.17) is 4.74 Å². The smallest absolute Gasteiger partial charge is 0.349 e. The van der Waals surface area contributed by atoms with Crippen LogP contribution < -0.4 is 5.32 Å². The molecule has 1 N–H and O–H groups in total. The minimum absolute atomic E-state index is 0.103. The summed E-state index contributed by atoms with van der Waals surface area (Å²) in [6.07, 6.45) is 6.95. The van der Waals surface area contributed by atoms with E-state index in [0.717, 1.165) is 55.6 Å². The Balaban J connectivity index is 2.04. The van der Waals surface area contributed by atoms with Crippen LogP contribution in [0.2, 0.25) is 0 Å². The molecule has 1 aromatic rings. The third-order valence-electron chi connectivity index (χ3n) is 5.30. The number of esters is 1. The van der Waals surface area contributed by atoms with E-state index in [1.165, 1.54) is 13.3 Å². The second-order valence-corrected chi connectivity index (χ2v) is 7.54. The SMILES string of the molecule is CCCn1c(C)cc(/C=C(\C#N)C(=O)O[C@H](C)C(=O)NC2CCCCC2)c1C. The van der Waals surface area contributed by atoms with Gasteiger partial charge in [-0.05, 0) is 57.7 Å². The Morgan fingerprint density at radius 3 is 2.64 bits per heavy atom. The molecule has 1 saturated carbocycles. The summed E-state index contributed by atoms with van der Waals surface area (Å²) >= 11 is 0. The number of nitrogens with one attached hydrogen (secondary N) is 1. The van der Waals surface area contributed by atoms with Gasteiger partial charge in [0.15, 0.2) is 6.10 Å². The van der Waals surface area contributed by atoms with Crippen molar-refractivity contribution in [2.24, 2.45) is 0 Å². The molecule has 0 aliphatic heterocycles. The molecule has 6 nitrogen and oxygen atoms in total. The van der Waals surface area contributed by atoms with E-state index < -0.39 is 12.1 Å². The third-order valence-corrected chi connectivity index (χ3v) is 5.30. The fourth-order valence-corrected chi connectivity index (χ4v) is 3.68. The highest BCUT2D eigenvalue weighted by molar-refractivity contribution is 5.99. The van der Waals surface area contributed by atoms with Gasteiger partial charge in [-0.3, -0.25) is 4.79 Å². The first-order valence-corrected chi connectivity index (χ1v) is 10.2. The van der Waals surface area contributed by atoms with Crippen LogP contribution in [0.25, 0.3) is 6.08 Å². The molecular weight excluding hydrogens is 354 g/mol. The van der Waals surface area contributed by atoms with Crippen molar-refractivity contribution in [1.29, 1.82) is 5.26 Å². The van der Waals surface area contributed by atoms with Crippen LogP contribution in [0.1, 0.15) is 69.3 Å². The van der Waals surface area contributed by atoms with Crippen LogP contribution in [-0.4, -0.2) is 28.6 Å². The van der Waals surface area contributed by atoms with Gasteiger partial charge < -0.3 is 14.6 Å². The standard InChI is InChI=1S/C22H31N3O3/c1-5-11-25-15(2)12-18(16(25)3)13-19(14-23)22(27)28-17(4)21(26)24-20-9-7-6-8-10-20/h12-13,17,20H,5-11H2,1-4H3,(H,24,26)/b19-13+/t17-/m1/s1. The number of nitrogens with zero attached hydrogens (tertiary/aromatic N) is 2. The number of aromatic nitrogens is 1. The summed E-state index contributed by atoms with van der Waals surface area (Å²) < 4.78 is 7.41. The van der Waals surface area contributed by atoms with Crippen molar-refractivity contribution in [2.45, 2.75) is 84.9 Å². The normalized spacial score (nSPS) is 16.3. The Morgan fingerprint density at radius 1 is 1.36 bits per heavy atom. The molecule has 2 rings (SSSR count). The van der Waals surface area contributed by atoms with Crippen molar-refractivity contribution in [3.8, 4) is 6.07 Å². The maximum atomic E-state index is 12.4. The van der Waals surface area contributed by atoms with Crippen LogP contribution in [0.15, 0.2) is 11.6 Å². The van der Waals surface area contributed by atoms with Crippen molar-refractivity contribution in [1.82, 2.24) is 9.88 Å². The molecule has 1 heterocycles. The number of hydrogen-bond donors (Lipinski definition) is 1. The number of aryl methyl sites for hydroxylation is 1. The lowest BCUT2D eigenvalue weighted by Crippen LogP contribution is -2.42. The van der Waals surface area contributed by atoms with Gasteiger partial charge >= 0.3 is 5.97 Å². The van der Waals surface area contributed by atoms with Crippen molar-refractivity contribution in [3.05, 3.63) is 28.6 Å². The minimum Gasteiger partial charge on any atom is -0.448 e. The quantitative estimate of drug-likeness (QED) is 0.439. The topological polar surface area (TPSA) is 84.1 Å². The van der Waals surface area contributed by atoms with Crippen molar-refractivity contribution in [3.63, 3.8) is 0 Å².